The van der Waals surface area contributed by atoms with Crippen LogP contribution in [-0.4, -0.2) is 64.8 Å². The maximum absolute atomic E-state index is 12.7. The summed E-state index contributed by atoms with van der Waals surface area (Å²) >= 11 is 0. The van der Waals surface area contributed by atoms with Crippen LogP contribution in [0, 0.1) is 57.7 Å². The van der Waals surface area contributed by atoms with Gasteiger partial charge in [0, 0.05) is 19.7 Å². The number of carbonyl (C=O) groups excluding carboxylic acids is 1. The van der Waals surface area contributed by atoms with Crippen molar-refractivity contribution in [2.24, 2.45) is 57.7 Å². The molecule has 0 spiro atoms. The van der Waals surface area contributed by atoms with E-state index < -0.39 is 0 Å². The molecule has 11 atom stereocenters. The zero-order chi connectivity index (χ0) is 28.2. The minimum atomic E-state index is -0.250. The van der Waals surface area contributed by atoms with Crippen molar-refractivity contribution >= 4 is 6.09 Å². The van der Waals surface area contributed by atoms with Crippen LogP contribution in [0.4, 0.5) is 4.79 Å². The molecule has 0 radical (unpaired) electrons. The number of hydrogen-bond acceptors (Lipinski definition) is 5. The monoisotopic (exact) mass is 547 g/mol. The van der Waals surface area contributed by atoms with Crippen LogP contribution >= 0.6 is 0 Å². The molecule has 1 heterocycles. The molecule has 3 N–H and O–H groups in total. The summed E-state index contributed by atoms with van der Waals surface area (Å²) in [6.07, 6.45) is 10.7. The van der Waals surface area contributed by atoms with Gasteiger partial charge < -0.3 is 25.0 Å². The number of fused-ring (bicyclic) bond motifs is 5. The predicted octanol–water partition coefficient (Wildman–Crippen LogP) is 5.87. The highest BCUT2D eigenvalue weighted by atomic mass is 16.6. The summed E-state index contributed by atoms with van der Waals surface area (Å²) in [6.45, 7) is 13.7. The van der Waals surface area contributed by atoms with Gasteiger partial charge in [0.2, 0.25) is 0 Å². The van der Waals surface area contributed by atoms with Gasteiger partial charge in [-0.25, -0.2) is 4.79 Å². The Morgan fingerprint density at radius 1 is 0.949 bits per heavy atom. The van der Waals surface area contributed by atoms with Gasteiger partial charge in [0.15, 0.2) is 0 Å². The smallest absolute Gasteiger partial charge is 0.409 e. The van der Waals surface area contributed by atoms with Gasteiger partial charge in [0.1, 0.15) is 0 Å². The molecule has 6 nitrogen and oxygen atoms in total. The van der Waals surface area contributed by atoms with E-state index >= 15 is 0 Å². The highest BCUT2D eigenvalue weighted by molar-refractivity contribution is 5.67. The summed E-state index contributed by atoms with van der Waals surface area (Å²) < 4.78 is 5.76. The Kier molecular flexibility index (Phi) is 8.43. The fraction of sp³-hybridized carbons (Fsp3) is 0.970. The molecule has 0 aromatic carbocycles. The molecule has 224 valence electrons. The molecular weight excluding hydrogens is 490 g/mol. The average Bonchev–Trinajstić information content (AvgIpc) is 3.27. The number of piperidine rings is 1. The quantitative estimate of drug-likeness (QED) is 0.387. The van der Waals surface area contributed by atoms with Crippen molar-refractivity contribution in [1.82, 2.24) is 4.90 Å². The number of likely N-dealkylation sites (tertiary alicyclic amines) is 1. The number of nitrogens with zero attached hydrogens (tertiary/aromatic N) is 1. The van der Waals surface area contributed by atoms with Gasteiger partial charge >= 0.3 is 6.09 Å². The largest absolute Gasteiger partial charge is 0.449 e. The molecule has 5 aliphatic rings. The number of ether oxygens (including phenoxy) is 1. The number of amides is 1. The number of hydrogen-bond donors (Lipinski definition) is 3. The van der Waals surface area contributed by atoms with Crippen LogP contribution in [-0.2, 0) is 4.74 Å². The van der Waals surface area contributed by atoms with E-state index in [1.54, 1.807) is 0 Å². The van der Waals surface area contributed by atoms with Gasteiger partial charge in [-0.2, -0.15) is 0 Å². The number of aliphatic hydroxyl groups is 3. The van der Waals surface area contributed by atoms with E-state index in [-0.39, 0.29) is 41.2 Å². The highest BCUT2D eigenvalue weighted by Gasteiger charge is 2.64. The van der Waals surface area contributed by atoms with Gasteiger partial charge in [-0.05, 0) is 122 Å². The second-order valence-electron chi connectivity index (χ2n) is 15.5. The van der Waals surface area contributed by atoms with E-state index in [1.807, 2.05) is 4.90 Å². The lowest BCUT2D eigenvalue weighted by Crippen LogP contribution is -2.62. The molecule has 1 aliphatic heterocycles. The van der Waals surface area contributed by atoms with Crippen molar-refractivity contribution in [3.8, 4) is 0 Å². The molecule has 5 fully saturated rings. The van der Waals surface area contributed by atoms with Crippen LogP contribution in [0.1, 0.15) is 105 Å². The molecule has 0 aromatic heterocycles. The zero-order valence-electron chi connectivity index (χ0n) is 25.4. The number of aliphatic hydroxyl groups excluding tert-OH is 3. The van der Waals surface area contributed by atoms with Crippen LogP contribution in [0.15, 0.2) is 0 Å². The minimum Gasteiger partial charge on any atom is -0.449 e. The van der Waals surface area contributed by atoms with Crippen molar-refractivity contribution in [3.63, 3.8) is 0 Å². The fourth-order valence-electron chi connectivity index (χ4n) is 10.9. The van der Waals surface area contributed by atoms with Gasteiger partial charge in [-0.15, -0.1) is 0 Å². The first-order valence-corrected chi connectivity index (χ1v) is 16.4. The third kappa shape index (κ3) is 5.07. The second-order valence-corrected chi connectivity index (χ2v) is 15.5. The van der Waals surface area contributed by atoms with E-state index in [2.05, 4.69) is 34.6 Å². The molecule has 39 heavy (non-hydrogen) atoms. The minimum absolute atomic E-state index is 0.0710. The van der Waals surface area contributed by atoms with Crippen molar-refractivity contribution in [2.75, 3.05) is 26.3 Å². The molecule has 1 amide bonds. The Morgan fingerprint density at radius 3 is 2.28 bits per heavy atom. The van der Waals surface area contributed by atoms with E-state index in [1.165, 1.54) is 25.7 Å². The van der Waals surface area contributed by atoms with Gasteiger partial charge in [-0.3, -0.25) is 0 Å². The first kappa shape index (κ1) is 29.6. The van der Waals surface area contributed by atoms with Crippen LogP contribution in [0.2, 0.25) is 0 Å². The lowest BCUT2D eigenvalue weighted by Gasteiger charge is -2.64. The van der Waals surface area contributed by atoms with Crippen LogP contribution in [0.5, 0.6) is 0 Å². The Bertz CT molecular complexity index is 872. The average molecular weight is 548 g/mol. The van der Waals surface area contributed by atoms with E-state index in [0.717, 1.165) is 44.9 Å². The molecule has 0 bridgehead atoms. The van der Waals surface area contributed by atoms with Crippen LogP contribution in [0.3, 0.4) is 0 Å². The second kappa shape index (κ2) is 11.1. The third-order valence-corrected chi connectivity index (χ3v) is 13.6. The highest BCUT2D eigenvalue weighted by Crippen LogP contribution is 2.69. The molecule has 1 saturated heterocycles. The van der Waals surface area contributed by atoms with Crippen molar-refractivity contribution < 1.29 is 24.9 Å². The van der Waals surface area contributed by atoms with Gasteiger partial charge in [0.25, 0.3) is 0 Å². The summed E-state index contributed by atoms with van der Waals surface area (Å²) in [5, 5.41) is 32.0. The summed E-state index contributed by atoms with van der Waals surface area (Å²) in [5.74, 6) is 3.34. The molecule has 4 unspecified atom stereocenters. The van der Waals surface area contributed by atoms with Crippen molar-refractivity contribution in [3.05, 3.63) is 0 Å². The lowest BCUT2D eigenvalue weighted by molar-refractivity contribution is -0.203. The van der Waals surface area contributed by atoms with E-state index in [4.69, 9.17) is 4.74 Å². The van der Waals surface area contributed by atoms with E-state index in [9.17, 15) is 20.1 Å². The Hall–Kier alpha value is -0.850. The molecule has 5 rings (SSSR count). The van der Waals surface area contributed by atoms with E-state index in [0.29, 0.717) is 61.1 Å². The first-order chi connectivity index (χ1) is 18.5. The summed E-state index contributed by atoms with van der Waals surface area (Å²) in [4.78, 5) is 14.5. The Morgan fingerprint density at radius 2 is 1.62 bits per heavy atom. The molecule has 4 aliphatic carbocycles. The molecule has 6 heteroatoms. The number of rotatable bonds is 6. The number of carbonyl (C=O) groups is 1. The first-order valence-electron chi connectivity index (χ1n) is 16.4. The maximum Gasteiger partial charge on any atom is 0.409 e. The summed E-state index contributed by atoms with van der Waals surface area (Å²) in [7, 11) is 0. The SMILES string of the molecule is CC[C@@H]1C2C[C@H](O)CCC2(C)[C@H]2CCC3(C)[C@@H]([C@H](C)CCOC(=O)N4CCC(C)(CO)CC4)CC[C@H]3C2[C@@H]1O. The summed E-state index contributed by atoms with van der Waals surface area (Å²) in [5.41, 5.74) is 0.410. The molecule has 0 aromatic rings. The Balaban J connectivity index is 1.21. The standard InChI is InChI=1S/C33H57NO5/c1-6-23-27-19-22(36)9-12-33(27,5)26-10-13-32(4)24(7-8-25(32)28(26)29(23)37)21(2)11-18-39-30(38)34-16-14-31(3,20-35)15-17-34/h21-29,35-37H,6-20H2,1-5H3/t21-,22-,23-,24-,25+,26+,27?,28?,29-,32?,33?/m1/s1. The van der Waals surface area contributed by atoms with Crippen LogP contribution < -0.4 is 0 Å². The van der Waals surface area contributed by atoms with Gasteiger partial charge in [-0.1, -0.05) is 41.0 Å². The fourth-order valence-corrected chi connectivity index (χ4v) is 10.9. The van der Waals surface area contributed by atoms with Gasteiger partial charge in [0.05, 0.1) is 18.8 Å². The molecular formula is C33H57NO5. The topological polar surface area (TPSA) is 90.2 Å². The third-order valence-electron chi connectivity index (χ3n) is 13.6. The van der Waals surface area contributed by atoms with Crippen molar-refractivity contribution in [2.45, 2.75) is 117 Å². The lowest BCUT2D eigenvalue weighted by atomic mass is 9.41. The Labute approximate surface area is 237 Å². The maximum atomic E-state index is 12.7. The van der Waals surface area contributed by atoms with Crippen molar-refractivity contribution in [1.29, 1.82) is 0 Å². The zero-order valence-corrected chi connectivity index (χ0v) is 25.4. The normalized spacial score (nSPS) is 46.1. The van der Waals surface area contributed by atoms with Crippen LogP contribution in [0.25, 0.3) is 0 Å². The molecule has 4 saturated carbocycles. The predicted molar refractivity (Wildman–Crippen MR) is 153 cm³/mol. The summed E-state index contributed by atoms with van der Waals surface area (Å²) in [6, 6.07) is 0.